The third-order valence-electron chi connectivity index (χ3n) is 2.85. The highest BCUT2D eigenvalue weighted by Gasteiger charge is 2.19. The van der Waals surface area contributed by atoms with E-state index in [1.807, 2.05) is 20.2 Å². The third kappa shape index (κ3) is 5.82. The van der Waals surface area contributed by atoms with Gasteiger partial charge >= 0.3 is 0 Å². The van der Waals surface area contributed by atoms with E-state index >= 15 is 0 Å². The van der Waals surface area contributed by atoms with Gasteiger partial charge in [-0.05, 0) is 45.4 Å². The zero-order chi connectivity index (χ0) is 15.0. The van der Waals surface area contributed by atoms with Crippen molar-refractivity contribution >= 4 is 21.8 Å². The van der Waals surface area contributed by atoms with E-state index in [1.54, 1.807) is 22.6 Å². The van der Waals surface area contributed by atoms with Gasteiger partial charge in [-0.2, -0.15) is 16.9 Å². The van der Waals surface area contributed by atoms with Gasteiger partial charge < -0.3 is 5.32 Å². The van der Waals surface area contributed by atoms with Crippen LogP contribution in [0.3, 0.4) is 0 Å². The maximum absolute atomic E-state index is 12.2. The summed E-state index contributed by atoms with van der Waals surface area (Å²) in [7, 11) is -1.57. The molecule has 0 spiro atoms. The predicted molar refractivity (Wildman–Crippen MR) is 83.6 cm³/mol. The van der Waals surface area contributed by atoms with E-state index in [9.17, 15) is 8.42 Å². The number of nitrogens with one attached hydrogen (secondary N) is 2. The second-order valence-electron chi connectivity index (χ2n) is 4.70. The number of thioether (sulfide) groups is 1. The number of sulfonamides is 1. The molecule has 0 amide bonds. The van der Waals surface area contributed by atoms with E-state index in [2.05, 4.69) is 15.1 Å². The molecule has 1 heterocycles. The number of nitrogens with zero attached hydrogens (tertiary/aromatic N) is 2. The lowest BCUT2D eigenvalue weighted by molar-refractivity contribution is 0.553. The molecule has 6 nitrogen and oxygen atoms in total. The highest BCUT2D eigenvalue weighted by Crippen LogP contribution is 2.10. The van der Waals surface area contributed by atoms with Gasteiger partial charge in [0.05, 0.1) is 6.20 Å². The Bertz CT molecular complexity index is 487. The fourth-order valence-electron chi connectivity index (χ4n) is 1.71. The van der Waals surface area contributed by atoms with Crippen LogP contribution in [0.1, 0.15) is 19.8 Å². The van der Waals surface area contributed by atoms with Crippen molar-refractivity contribution in [3.05, 3.63) is 12.4 Å². The van der Waals surface area contributed by atoms with Crippen LogP contribution in [0, 0.1) is 0 Å². The monoisotopic (exact) mass is 320 g/mol. The Labute approximate surface area is 125 Å². The zero-order valence-electron chi connectivity index (χ0n) is 12.3. The van der Waals surface area contributed by atoms with Crippen LogP contribution in [0.15, 0.2) is 17.3 Å². The highest BCUT2D eigenvalue weighted by molar-refractivity contribution is 7.98. The van der Waals surface area contributed by atoms with E-state index in [0.717, 1.165) is 25.1 Å². The molecule has 1 rings (SSSR count). The predicted octanol–water partition coefficient (Wildman–Crippen LogP) is 0.913. The molecule has 0 aliphatic carbocycles. The summed E-state index contributed by atoms with van der Waals surface area (Å²) in [6, 6.07) is -0.0694. The maximum Gasteiger partial charge on any atom is 0.243 e. The first kappa shape index (κ1) is 17.5. The van der Waals surface area contributed by atoms with Gasteiger partial charge in [0.2, 0.25) is 10.0 Å². The molecule has 0 saturated heterocycles. The lowest BCUT2D eigenvalue weighted by Crippen LogP contribution is -2.32. The SMILES string of the molecule is CNCCCn1cc(S(=O)(=O)NC(C)CCSC)cn1. The van der Waals surface area contributed by atoms with Gasteiger partial charge in [-0.3, -0.25) is 4.68 Å². The first-order valence-electron chi connectivity index (χ1n) is 6.68. The van der Waals surface area contributed by atoms with Crippen molar-refractivity contribution in [3.8, 4) is 0 Å². The molecule has 0 aliphatic heterocycles. The van der Waals surface area contributed by atoms with Gasteiger partial charge in [-0.15, -0.1) is 0 Å². The summed E-state index contributed by atoms with van der Waals surface area (Å²) < 4.78 is 28.7. The zero-order valence-corrected chi connectivity index (χ0v) is 13.9. The second kappa shape index (κ2) is 8.66. The molecule has 1 unspecified atom stereocenters. The van der Waals surface area contributed by atoms with Crippen LogP contribution in [0.2, 0.25) is 0 Å². The van der Waals surface area contributed by atoms with Crippen molar-refractivity contribution in [1.82, 2.24) is 19.8 Å². The molecule has 1 atom stereocenters. The van der Waals surface area contributed by atoms with Crippen LogP contribution >= 0.6 is 11.8 Å². The molecule has 8 heteroatoms. The smallest absolute Gasteiger partial charge is 0.243 e. The first-order chi connectivity index (χ1) is 9.49. The van der Waals surface area contributed by atoms with Gasteiger partial charge in [0.15, 0.2) is 0 Å². The van der Waals surface area contributed by atoms with Crippen LogP contribution in [0.5, 0.6) is 0 Å². The van der Waals surface area contributed by atoms with Gasteiger partial charge in [0.25, 0.3) is 0 Å². The molecule has 0 fully saturated rings. The standard InChI is InChI=1S/C12H24N4O2S2/c1-11(5-8-19-3)15-20(17,18)12-9-14-16(10-12)7-4-6-13-2/h9-11,13,15H,4-8H2,1-3H3. The number of aryl methyl sites for hydroxylation is 1. The number of hydrogen-bond acceptors (Lipinski definition) is 5. The molecule has 0 bridgehead atoms. The van der Waals surface area contributed by atoms with Gasteiger partial charge in [-0.1, -0.05) is 0 Å². The van der Waals surface area contributed by atoms with E-state index in [0.29, 0.717) is 6.54 Å². The Morgan fingerprint density at radius 1 is 1.50 bits per heavy atom. The number of rotatable bonds is 10. The maximum atomic E-state index is 12.2. The quantitative estimate of drug-likeness (QED) is 0.627. The average Bonchev–Trinajstić information content (AvgIpc) is 2.86. The van der Waals surface area contributed by atoms with Crippen LogP contribution < -0.4 is 10.0 Å². The van der Waals surface area contributed by atoms with Gasteiger partial charge in [-0.25, -0.2) is 13.1 Å². The minimum atomic E-state index is -3.46. The largest absolute Gasteiger partial charge is 0.320 e. The number of hydrogen-bond donors (Lipinski definition) is 2. The molecule has 2 N–H and O–H groups in total. The van der Waals surface area contributed by atoms with E-state index in [4.69, 9.17) is 0 Å². The minimum absolute atomic E-state index is 0.0694. The fourth-order valence-corrected chi connectivity index (χ4v) is 3.53. The van der Waals surface area contributed by atoms with Crippen molar-refractivity contribution in [1.29, 1.82) is 0 Å². The van der Waals surface area contributed by atoms with E-state index in [1.165, 1.54) is 6.20 Å². The highest BCUT2D eigenvalue weighted by atomic mass is 32.2. The van der Waals surface area contributed by atoms with Gasteiger partial charge in [0.1, 0.15) is 4.90 Å². The molecule has 0 saturated carbocycles. The molecular formula is C12H24N4O2S2. The molecular weight excluding hydrogens is 296 g/mol. The van der Waals surface area contributed by atoms with E-state index in [-0.39, 0.29) is 10.9 Å². The molecule has 0 radical (unpaired) electrons. The molecule has 116 valence electrons. The molecule has 1 aromatic rings. The fraction of sp³-hybridized carbons (Fsp3) is 0.750. The van der Waals surface area contributed by atoms with Crippen LogP contribution in [-0.4, -0.2) is 49.8 Å². The Morgan fingerprint density at radius 3 is 2.90 bits per heavy atom. The summed E-state index contributed by atoms with van der Waals surface area (Å²) in [5, 5.41) is 7.14. The van der Waals surface area contributed by atoms with E-state index < -0.39 is 10.0 Å². The van der Waals surface area contributed by atoms with Crippen molar-refractivity contribution in [2.24, 2.45) is 0 Å². The molecule has 1 aromatic heterocycles. The summed E-state index contributed by atoms with van der Waals surface area (Å²) in [5.41, 5.74) is 0. The minimum Gasteiger partial charge on any atom is -0.320 e. The van der Waals surface area contributed by atoms with Crippen LogP contribution in [0.4, 0.5) is 0 Å². The topological polar surface area (TPSA) is 76.0 Å². The molecule has 20 heavy (non-hydrogen) atoms. The Balaban J connectivity index is 2.59. The Kier molecular flexibility index (Phi) is 7.57. The van der Waals surface area contributed by atoms with Gasteiger partial charge in [0, 0.05) is 18.8 Å². The van der Waals surface area contributed by atoms with Crippen molar-refractivity contribution in [2.45, 2.75) is 37.2 Å². The van der Waals surface area contributed by atoms with Crippen molar-refractivity contribution < 1.29 is 8.42 Å². The Morgan fingerprint density at radius 2 is 2.25 bits per heavy atom. The lowest BCUT2D eigenvalue weighted by atomic mass is 10.3. The number of aromatic nitrogens is 2. The second-order valence-corrected chi connectivity index (χ2v) is 7.40. The lowest BCUT2D eigenvalue weighted by Gasteiger charge is -2.12. The summed E-state index contributed by atoms with van der Waals surface area (Å²) in [6.07, 6.45) is 6.73. The summed E-state index contributed by atoms with van der Waals surface area (Å²) in [6.45, 7) is 3.47. The normalized spacial score (nSPS) is 13.6. The first-order valence-corrected chi connectivity index (χ1v) is 9.55. The summed E-state index contributed by atoms with van der Waals surface area (Å²) in [5.74, 6) is 0.937. The van der Waals surface area contributed by atoms with Crippen LogP contribution in [0.25, 0.3) is 0 Å². The summed E-state index contributed by atoms with van der Waals surface area (Å²) in [4.78, 5) is 0.234. The molecule has 0 aliphatic rings. The van der Waals surface area contributed by atoms with Crippen molar-refractivity contribution in [3.63, 3.8) is 0 Å². The average molecular weight is 320 g/mol. The summed E-state index contributed by atoms with van der Waals surface area (Å²) >= 11 is 1.71. The molecule has 0 aromatic carbocycles. The van der Waals surface area contributed by atoms with Crippen molar-refractivity contribution in [2.75, 3.05) is 25.6 Å². The third-order valence-corrected chi connectivity index (χ3v) is 5.03. The van der Waals surface area contributed by atoms with Crippen LogP contribution in [-0.2, 0) is 16.6 Å². The Hall–Kier alpha value is -0.570.